The van der Waals surface area contributed by atoms with Gasteiger partial charge in [-0.05, 0) is 25.5 Å². The van der Waals surface area contributed by atoms with Gasteiger partial charge in [0.25, 0.3) is 5.91 Å². The second-order valence-electron chi connectivity index (χ2n) is 4.24. The van der Waals surface area contributed by atoms with Crippen molar-refractivity contribution in [1.29, 1.82) is 0 Å². The van der Waals surface area contributed by atoms with Crippen molar-refractivity contribution in [3.8, 4) is 0 Å². The van der Waals surface area contributed by atoms with E-state index in [1.54, 1.807) is 26.2 Å². The van der Waals surface area contributed by atoms with Crippen molar-refractivity contribution in [3.05, 3.63) is 46.7 Å². The summed E-state index contributed by atoms with van der Waals surface area (Å²) in [6, 6.07) is 1.75. The first kappa shape index (κ1) is 12.9. The molecule has 0 bridgehead atoms. The molecular formula is C13H14N2O4. The zero-order chi connectivity index (χ0) is 14.0. The number of carboxylic acids is 1. The van der Waals surface area contributed by atoms with E-state index in [0.29, 0.717) is 23.4 Å². The number of hydrogen-bond acceptors (Lipinski definition) is 3. The Balaban J connectivity index is 2.17. The average molecular weight is 262 g/mol. The van der Waals surface area contributed by atoms with Crippen LogP contribution in [0.15, 0.2) is 23.0 Å². The maximum atomic E-state index is 12.1. The Morgan fingerprint density at radius 2 is 2.16 bits per heavy atom. The number of amides is 1. The molecule has 0 aromatic carbocycles. The van der Waals surface area contributed by atoms with Gasteiger partial charge < -0.3 is 19.8 Å². The van der Waals surface area contributed by atoms with Crippen molar-refractivity contribution in [2.75, 3.05) is 0 Å². The van der Waals surface area contributed by atoms with Gasteiger partial charge in [-0.1, -0.05) is 0 Å². The maximum absolute atomic E-state index is 12.1. The molecule has 3 N–H and O–H groups in total. The van der Waals surface area contributed by atoms with Crippen LogP contribution < -0.4 is 5.32 Å². The molecule has 0 unspecified atom stereocenters. The van der Waals surface area contributed by atoms with Crippen LogP contribution in [0.3, 0.4) is 0 Å². The fraction of sp³-hybridized carbons (Fsp3) is 0.231. The van der Waals surface area contributed by atoms with Crippen molar-refractivity contribution in [2.24, 2.45) is 0 Å². The Morgan fingerprint density at radius 3 is 2.68 bits per heavy atom. The van der Waals surface area contributed by atoms with Crippen molar-refractivity contribution >= 4 is 11.9 Å². The van der Waals surface area contributed by atoms with Crippen LogP contribution in [0.5, 0.6) is 0 Å². The molecule has 0 aliphatic rings. The number of aromatic amines is 1. The van der Waals surface area contributed by atoms with E-state index in [2.05, 4.69) is 10.3 Å². The lowest BCUT2D eigenvalue weighted by molar-refractivity contribution is 0.0690. The summed E-state index contributed by atoms with van der Waals surface area (Å²) in [6.07, 6.45) is 3.07. The van der Waals surface area contributed by atoms with Gasteiger partial charge in [-0.2, -0.15) is 0 Å². The first-order chi connectivity index (χ1) is 9.00. The molecule has 0 spiro atoms. The van der Waals surface area contributed by atoms with Gasteiger partial charge >= 0.3 is 5.97 Å². The summed E-state index contributed by atoms with van der Waals surface area (Å²) >= 11 is 0. The third-order valence-corrected chi connectivity index (χ3v) is 2.91. The minimum atomic E-state index is -1.07. The van der Waals surface area contributed by atoms with Crippen molar-refractivity contribution in [2.45, 2.75) is 20.4 Å². The number of hydrogen-bond donors (Lipinski definition) is 3. The second-order valence-corrected chi connectivity index (χ2v) is 4.24. The van der Waals surface area contributed by atoms with E-state index in [9.17, 15) is 9.59 Å². The zero-order valence-electron chi connectivity index (χ0n) is 10.6. The summed E-state index contributed by atoms with van der Waals surface area (Å²) in [4.78, 5) is 25.7. The summed E-state index contributed by atoms with van der Waals surface area (Å²) < 4.78 is 4.90. The second kappa shape index (κ2) is 5.01. The number of carboxylic acid groups (broad SMARTS) is 1. The summed E-state index contributed by atoms with van der Waals surface area (Å²) in [5.74, 6) is -1.38. The molecule has 0 fully saturated rings. The topological polar surface area (TPSA) is 95.3 Å². The Bertz CT molecular complexity index is 611. The van der Waals surface area contributed by atoms with Gasteiger partial charge in [0, 0.05) is 17.8 Å². The van der Waals surface area contributed by atoms with Gasteiger partial charge in [0.2, 0.25) is 0 Å². The molecule has 0 atom stereocenters. The van der Waals surface area contributed by atoms with Crippen LogP contribution >= 0.6 is 0 Å². The van der Waals surface area contributed by atoms with Crippen LogP contribution in [0.4, 0.5) is 0 Å². The molecule has 100 valence electrons. The fourth-order valence-corrected chi connectivity index (χ4v) is 1.97. The lowest BCUT2D eigenvalue weighted by Crippen LogP contribution is -2.23. The molecule has 2 aromatic rings. The van der Waals surface area contributed by atoms with Crippen LogP contribution in [-0.4, -0.2) is 22.0 Å². The summed E-state index contributed by atoms with van der Waals surface area (Å²) in [5.41, 5.74) is 2.25. The molecule has 0 aliphatic heterocycles. The smallest absolute Gasteiger partial charge is 0.352 e. The van der Waals surface area contributed by atoms with E-state index in [0.717, 1.165) is 5.56 Å². The van der Waals surface area contributed by atoms with E-state index in [-0.39, 0.29) is 11.6 Å². The molecule has 0 saturated carbocycles. The summed E-state index contributed by atoms with van der Waals surface area (Å²) in [7, 11) is 0. The van der Waals surface area contributed by atoms with Crippen molar-refractivity contribution in [1.82, 2.24) is 10.3 Å². The van der Waals surface area contributed by atoms with E-state index in [1.165, 1.54) is 6.26 Å². The van der Waals surface area contributed by atoms with Crippen LogP contribution in [0, 0.1) is 13.8 Å². The predicted molar refractivity (Wildman–Crippen MR) is 67.1 cm³/mol. The molecule has 2 rings (SSSR count). The van der Waals surface area contributed by atoms with Gasteiger partial charge in [-0.15, -0.1) is 0 Å². The molecule has 2 aromatic heterocycles. The highest BCUT2D eigenvalue weighted by molar-refractivity contribution is 6.00. The number of nitrogens with one attached hydrogen (secondary N) is 2. The first-order valence-electron chi connectivity index (χ1n) is 5.72. The highest BCUT2D eigenvalue weighted by Crippen LogP contribution is 2.18. The first-order valence-corrected chi connectivity index (χ1v) is 5.72. The number of carbonyl (C=O) groups is 2. The largest absolute Gasteiger partial charge is 0.477 e. The zero-order valence-corrected chi connectivity index (χ0v) is 10.6. The number of aryl methyl sites for hydroxylation is 1. The lowest BCUT2D eigenvalue weighted by atomic mass is 10.1. The molecule has 6 nitrogen and oxygen atoms in total. The summed E-state index contributed by atoms with van der Waals surface area (Å²) in [6.45, 7) is 3.62. The molecular weight excluding hydrogens is 248 g/mol. The van der Waals surface area contributed by atoms with E-state index >= 15 is 0 Å². The van der Waals surface area contributed by atoms with Crippen molar-refractivity contribution in [3.63, 3.8) is 0 Å². The Kier molecular flexibility index (Phi) is 3.41. The van der Waals surface area contributed by atoms with Gasteiger partial charge in [-0.3, -0.25) is 4.79 Å². The Labute approximate surface area is 109 Å². The molecule has 0 saturated heterocycles. The van der Waals surface area contributed by atoms with E-state index in [4.69, 9.17) is 9.52 Å². The average Bonchev–Trinajstić information content (AvgIpc) is 2.94. The number of carbonyl (C=O) groups excluding carboxylic acids is 1. The lowest BCUT2D eigenvalue weighted by Gasteiger charge is -2.04. The number of aromatic carboxylic acids is 1. The number of furan rings is 1. The van der Waals surface area contributed by atoms with Crippen LogP contribution in [0.1, 0.15) is 37.7 Å². The van der Waals surface area contributed by atoms with Crippen LogP contribution in [0.2, 0.25) is 0 Å². The third-order valence-electron chi connectivity index (χ3n) is 2.91. The van der Waals surface area contributed by atoms with E-state index < -0.39 is 5.97 Å². The van der Waals surface area contributed by atoms with Crippen LogP contribution in [0.25, 0.3) is 0 Å². The monoisotopic (exact) mass is 262 g/mol. The summed E-state index contributed by atoms with van der Waals surface area (Å²) in [5, 5.41) is 11.7. The van der Waals surface area contributed by atoms with Gasteiger partial charge in [-0.25, -0.2) is 4.79 Å². The van der Waals surface area contributed by atoms with Gasteiger partial charge in [0.15, 0.2) is 0 Å². The Morgan fingerprint density at radius 1 is 1.42 bits per heavy atom. The molecule has 6 heteroatoms. The maximum Gasteiger partial charge on any atom is 0.352 e. The standard InChI is InChI=1S/C13H14N2O4/c1-7-10(8(2)15-11(7)13(17)18)12(16)14-5-9-3-4-19-6-9/h3-4,6,15H,5H2,1-2H3,(H,14,16)(H,17,18). The number of aromatic nitrogens is 1. The normalized spacial score (nSPS) is 10.4. The molecule has 0 radical (unpaired) electrons. The van der Waals surface area contributed by atoms with Crippen LogP contribution in [-0.2, 0) is 6.54 Å². The van der Waals surface area contributed by atoms with Gasteiger partial charge in [0.05, 0.1) is 18.1 Å². The van der Waals surface area contributed by atoms with Crippen molar-refractivity contribution < 1.29 is 19.1 Å². The third kappa shape index (κ3) is 2.52. The Hall–Kier alpha value is -2.50. The minimum Gasteiger partial charge on any atom is -0.477 e. The van der Waals surface area contributed by atoms with Gasteiger partial charge in [0.1, 0.15) is 5.69 Å². The molecule has 0 aliphatic carbocycles. The molecule has 1 amide bonds. The fourth-order valence-electron chi connectivity index (χ4n) is 1.97. The quantitative estimate of drug-likeness (QED) is 0.783. The molecule has 19 heavy (non-hydrogen) atoms. The molecule has 2 heterocycles. The number of rotatable bonds is 4. The SMILES string of the molecule is Cc1[nH]c(C(=O)O)c(C)c1C(=O)NCc1ccoc1. The minimum absolute atomic E-state index is 0.0472. The highest BCUT2D eigenvalue weighted by atomic mass is 16.4. The van der Waals surface area contributed by atoms with E-state index in [1.807, 2.05) is 0 Å². The highest BCUT2D eigenvalue weighted by Gasteiger charge is 2.21. The number of H-pyrrole nitrogens is 1. The predicted octanol–water partition coefficient (Wildman–Crippen LogP) is 1.85.